The first-order valence-corrected chi connectivity index (χ1v) is 8.38. The minimum atomic E-state index is 0.134. The minimum Gasteiger partial charge on any atom is -0.381 e. The second-order valence-corrected chi connectivity index (χ2v) is 6.19. The first-order valence-electron chi connectivity index (χ1n) is 8.38. The van der Waals surface area contributed by atoms with Crippen LogP contribution in [0.2, 0.25) is 0 Å². The van der Waals surface area contributed by atoms with Crippen LogP contribution in [-0.4, -0.2) is 49.7 Å². The van der Waals surface area contributed by atoms with Gasteiger partial charge in [-0.3, -0.25) is 4.79 Å². The van der Waals surface area contributed by atoms with Gasteiger partial charge in [0.05, 0.1) is 6.61 Å². The Bertz CT molecular complexity index is 290. The molecule has 1 atom stereocenters. The molecule has 2 aliphatic rings. The number of carbonyl (C=O) groups is 1. The van der Waals surface area contributed by atoms with Gasteiger partial charge in [0.25, 0.3) is 0 Å². The molecule has 4 heteroatoms. The lowest BCUT2D eigenvalue weighted by Gasteiger charge is -2.31. The number of nitrogens with one attached hydrogen (secondary N) is 1. The summed E-state index contributed by atoms with van der Waals surface area (Å²) in [6.07, 6.45) is 8.72. The Morgan fingerprint density at radius 1 is 1.25 bits per heavy atom. The molecule has 4 nitrogen and oxygen atoms in total. The van der Waals surface area contributed by atoms with Gasteiger partial charge in [-0.2, -0.15) is 0 Å². The molecule has 1 heterocycles. The Kier molecular flexibility index (Phi) is 6.80. The van der Waals surface area contributed by atoms with Gasteiger partial charge in [-0.05, 0) is 38.6 Å². The van der Waals surface area contributed by atoms with Crippen LogP contribution in [0.4, 0.5) is 0 Å². The predicted molar refractivity (Wildman–Crippen MR) is 80.7 cm³/mol. The number of rotatable bonds is 7. The number of hydrogen-bond acceptors (Lipinski definition) is 3. The number of ether oxygens (including phenoxy) is 1. The van der Waals surface area contributed by atoms with Crippen LogP contribution in [0.15, 0.2) is 0 Å². The summed E-state index contributed by atoms with van der Waals surface area (Å²) in [6.45, 7) is 6.43. The zero-order valence-corrected chi connectivity index (χ0v) is 12.9. The number of hydrogen-bond donors (Lipinski definition) is 1. The van der Waals surface area contributed by atoms with Crippen LogP contribution in [0, 0.1) is 5.92 Å². The highest BCUT2D eigenvalue weighted by atomic mass is 16.5. The summed E-state index contributed by atoms with van der Waals surface area (Å²) in [5.41, 5.74) is 0. The third-order valence-electron chi connectivity index (χ3n) is 4.67. The first-order chi connectivity index (χ1) is 9.79. The Morgan fingerprint density at radius 2 is 2.05 bits per heavy atom. The van der Waals surface area contributed by atoms with E-state index in [4.69, 9.17) is 4.74 Å². The first kappa shape index (κ1) is 15.8. The van der Waals surface area contributed by atoms with Gasteiger partial charge in [0.15, 0.2) is 0 Å². The van der Waals surface area contributed by atoms with E-state index >= 15 is 0 Å². The van der Waals surface area contributed by atoms with E-state index in [9.17, 15) is 4.79 Å². The third-order valence-corrected chi connectivity index (χ3v) is 4.67. The van der Waals surface area contributed by atoms with Crippen molar-refractivity contribution in [3.8, 4) is 0 Å². The van der Waals surface area contributed by atoms with Crippen molar-refractivity contribution < 1.29 is 9.53 Å². The minimum absolute atomic E-state index is 0.134. The monoisotopic (exact) mass is 282 g/mol. The molecule has 1 saturated carbocycles. The molecule has 0 radical (unpaired) electrons. The molecular formula is C16H30N2O2. The van der Waals surface area contributed by atoms with Crippen molar-refractivity contribution in [1.82, 2.24) is 10.2 Å². The van der Waals surface area contributed by atoms with Crippen LogP contribution >= 0.6 is 0 Å². The number of likely N-dealkylation sites (tertiary alicyclic amines) is 1. The molecule has 0 bridgehead atoms. The number of amides is 1. The van der Waals surface area contributed by atoms with Crippen molar-refractivity contribution in [2.75, 3.05) is 32.8 Å². The average Bonchev–Trinajstić information content (AvgIpc) is 2.95. The Labute approximate surface area is 123 Å². The largest absolute Gasteiger partial charge is 0.381 e. The van der Waals surface area contributed by atoms with Crippen LogP contribution in [0.1, 0.15) is 51.9 Å². The van der Waals surface area contributed by atoms with E-state index in [1.165, 1.54) is 51.6 Å². The molecule has 20 heavy (non-hydrogen) atoms. The summed E-state index contributed by atoms with van der Waals surface area (Å²) in [7, 11) is 0. The van der Waals surface area contributed by atoms with Crippen molar-refractivity contribution in [2.45, 2.75) is 57.9 Å². The Hall–Kier alpha value is -0.610. The van der Waals surface area contributed by atoms with Gasteiger partial charge in [-0.15, -0.1) is 0 Å². The van der Waals surface area contributed by atoms with Gasteiger partial charge in [-0.1, -0.05) is 19.3 Å². The van der Waals surface area contributed by atoms with E-state index in [1.807, 2.05) is 6.92 Å². The highest BCUT2D eigenvalue weighted by Crippen LogP contribution is 2.27. The molecule has 1 N–H and O–H groups in total. The highest BCUT2D eigenvalue weighted by Gasteiger charge is 2.28. The van der Waals surface area contributed by atoms with E-state index in [1.54, 1.807) is 0 Å². The topological polar surface area (TPSA) is 41.6 Å². The molecule has 0 aromatic carbocycles. The highest BCUT2D eigenvalue weighted by molar-refractivity contribution is 5.75. The van der Waals surface area contributed by atoms with E-state index in [0.29, 0.717) is 25.6 Å². The van der Waals surface area contributed by atoms with Crippen molar-refractivity contribution >= 4 is 5.91 Å². The lowest BCUT2D eigenvalue weighted by Crippen LogP contribution is -2.36. The molecular weight excluding hydrogens is 252 g/mol. The van der Waals surface area contributed by atoms with Crippen LogP contribution < -0.4 is 5.32 Å². The van der Waals surface area contributed by atoms with Crippen LogP contribution in [-0.2, 0) is 9.53 Å². The normalized spacial score (nSPS) is 24.9. The quantitative estimate of drug-likeness (QED) is 0.728. The second-order valence-electron chi connectivity index (χ2n) is 6.19. The zero-order chi connectivity index (χ0) is 14.2. The van der Waals surface area contributed by atoms with Gasteiger partial charge >= 0.3 is 0 Å². The Morgan fingerprint density at radius 3 is 2.80 bits per heavy atom. The summed E-state index contributed by atoms with van der Waals surface area (Å²) < 4.78 is 5.20. The molecule has 1 aliphatic heterocycles. The summed E-state index contributed by atoms with van der Waals surface area (Å²) in [5, 5.41) is 3.06. The summed E-state index contributed by atoms with van der Waals surface area (Å²) in [5.74, 6) is 0.780. The summed E-state index contributed by atoms with van der Waals surface area (Å²) in [6, 6.07) is 0.822. The molecule has 1 saturated heterocycles. The molecule has 2 rings (SSSR count). The lowest BCUT2D eigenvalue weighted by atomic mass is 9.94. The molecule has 1 amide bonds. The average molecular weight is 282 g/mol. The maximum absolute atomic E-state index is 11.7. The van der Waals surface area contributed by atoms with Crippen LogP contribution in [0.5, 0.6) is 0 Å². The smallest absolute Gasteiger partial charge is 0.222 e. The fourth-order valence-electron chi connectivity index (χ4n) is 3.46. The van der Waals surface area contributed by atoms with Crippen molar-refractivity contribution in [1.29, 1.82) is 0 Å². The van der Waals surface area contributed by atoms with Gasteiger partial charge < -0.3 is 15.0 Å². The van der Waals surface area contributed by atoms with E-state index in [-0.39, 0.29) is 5.91 Å². The molecule has 116 valence electrons. The molecule has 2 fully saturated rings. The molecule has 0 unspecified atom stereocenters. The van der Waals surface area contributed by atoms with Crippen LogP contribution in [0.3, 0.4) is 0 Å². The molecule has 1 aliphatic carbocycles. The SMILES string of the molecule is CCOCCC(=O)NC[C@H]1CCN(C2CCCCC2)C1. The fourth-order valence-corrected chi connectivity index (χ4v) is 3.46. The summed E-state index contributed by atoms with van der Waals surface area (Å²) in [4.78, 5) is 14.3. The summed E-state index contributed by atoms with van der Waals surface area (Å²) >= 11 is 0. The van der Waals surface area contributed by atoms with Crippen molar-refractivity contribution in [2.24, 2.45) is 5.92 Å². The van der Waals surface area contributed by atoms with Gasteiger partial charge in [0, 0.05) is 32.2 Å². The van der Waals surface area contributed by atoms with Gasteiger partial charge in [0.2, 0.25) is 5.91 Å². The second kappa shape index (κ2) is 8.63. The number of carbonyl (C=O) groups excluding carboxylic acids is 1. The van der Waals surface area contributed by atoms with Gasteiger partial charge in [-0.25, -0.2) is 0 Å². The maximum Gasteiger partial charge on any atom is 0.222 e. The van der Waals surface area contributed by atoms with E-state index in [2.05, 4.69) is 10.2 Å². The zero-order valence-electron chi connectivity index (χ0n) is 12.9. The third kappa shape index (κ3) is 5.06. The van der Waals surface area contributed by atoms with Crippen molar-refractivity contribution in [3.05, 3.63) is 0 Å². The number of nitrogens with zero attached hydrogens (tertiary/aromatic N) is 1. The standard InChI is InChI=1S/C16H30N2O2/c1-2-20-11-9-16(19)17-12-14-8-10-18(13-14)15-6-4-3-5-7-15/h14-15H,2-13H2,1H3,(H,17,19)/t14-/m1/s1. The fraction of sp³-hybridized carbons (Fsp3) is 0.938. The van der Waals surface area contributed by atoms with Crippen LogP contribution in [0.25, 0.3) is 0 Å². The Balaban J connectivity index is 1.59. The molecule has 0 aromatic heterocycles. The van der Waals surface area contributed by atoms with E-state index < -0.39 is 0 Å². The lowest BCUT2D eigenvalue weighted by molar-refractivity contribution is -0.122. The van der Waals surface area contributed by atoms with Gasteiger partial charge in [0.1, 0.15) is 0 Å². The van der Waals surface area contributed by atoms with Crippen molar-refractivity contribution in [3.63, 3.8) is 0 Å². The molecule has 0 aromatic rings. The molecule has 0 spiro atoms. The van der Waals surface area contributed by atoms with E-state index in [0.717, 1.165) is 12.6 Å². The maximum atomic E-state index is 11.7. The predicted octanol–water partition coefficient (Wildman–Crippen LogP) is 2.18.